The van der Waals surface area contributed by atoms with Crippen LogP contribution in [0.1, 0.15) is 45.1 Å². The van der Waals surface area contributed by atoms with Crippen molar-refractivity contribution in [3.05, 3.63) is 89.1 Å². The van der Waals surface area contributed by atoms with Crippen LogP contribution in [0.4, 0.5) is 11.5 Å². The van der Waals surface area contributed by atoms with Crippen molar-refractivity contribution < 1.29 is 19.1 Å². The Labute approximate surface area is 248 Å². The molecule has 0 spiro atoms. The van der Waals surface area contributed by atoms with Gasteiger partial charge in [-0.3, -0.25) is 14.4 Å². The predicted molar refractivity (Wildman–Crippen MR) is 163 cm³/mol. The predicted octanol–water partition coefficient (Wildman–Crippen LogP) is 4.88. The van der Waals surface area contributed by atoms with E-state index in [0.29, 0.717) is 52.0 Å². The second-order valence-electron chi connectivity index (χ2n) is 10.2. The number of likely N-dealkylation sites (N-methyl/N-ethyl adjacent to an activating group) is 1. The highest BCUT2D eigenvalue weighted by molar-refractivity contribution is 7.13. The number of amides is 3. The number of nitrogens with one attached hydrogen (secondary N) is 2. The number of piperazine rings is 1. The number of carbonyl (C=O) groups excluding carboxylic acids is 3. The summed E-state index contributed by atoms with van der Waals surface area (Å²) in [5, 5.41) is 7.91. The zero-order valence-electron chi connectivity index (χ0n) is 23.7. The number of hydrogen-bond donors (Lipinski definition) is 2. The van der Waals surface area contributed by atoms with E-state index in [1.807, 2.05) is 31.9 Å². The van der Waals surface area contributed by atoms with Crippen molar-refractivity contribution in [2.45, 2.75) is 20.0 Å². The standard InChI is InChI=1S/C31H32N6O4S/c1-20(2)41-26-18-23(31(40)37-15-13-36(3)14-16-37)10-11-24(26)33-29(39)25-19-42-30(34-25)22-8-6-7-21(17-22)28(38)35-27-9-4-5-12-32-27/h4-12,17-20H,13-16H2,1-3H3,(H,33,39)(H,32,35,38). The number of thiazole rings is 1. The van der Waals surface area contributed by atoms with Crippen molar-refractivity contribution in [2.24, 2.45) is 0 Å². The van der Waals surface area contributed by atoms with Gasteiger partial charge < -0.3 is 25.2 Å². The third kappa shape index (κ3) is 6.99. The first kappa shape index (κ1) is 28.9. The molecule has 4 aromatic rings. The van der Waals surface area contributed by atoms with Crippen LogP contribution in [0.25, 0.3) is 10.6 Å². The van der Waals surface area contributed by atoms with Crippen LogP contribution < -0.4 is 15.4 Å². The summed E-state index contributed by atoms with van der Waals surface area (Å²) in [6.07, 6.45) is 1.44. The Kier molecular flexibility index (Phi) is 8.89. The van der Waals surface area contributed by atoms with E-state index in [1.54, 1.807) is 66.2 Å². The van der Waals surface area contributed by atoms with E-state index >= 15 is 0 Å². The highest BCUT2D eigenvalue weighted by Crippen LogP contribution is 2.30. The molecule has 42 heavy (non-hydrogen) atoms. The zero-order valence-corrected chi connectivity index (χ0v) is 24.5. The topological polar surface area (TPSA) is 117 Å². The van der Waals surface area contributed by atoms with Crippen LogP contribution in [0.2, 0.25) is 0 Å². The molecule has 0 saturated carbocycles. The Morgan fingerprint density at radius 3 is 2.45 bits per heavy atom. The van der Waals surface area contributed by atoms with Crippen LogP contribution in [0.5, 0.6) is 5.75 Å². The summed E-state index contributed by atoms with van der Waals surface area (Å²) in [7, 11) is 2.04. The maximum absolute atomic E-state index is 13.2. The van der Waals surface area contributed by atoms with E-state index in [4.69, 9.17) is 4.74 Å². The molecule has 0 aliphatic carbocycles. The number of benzene rings is 2. The molecule has 3 heterocycles. The van der Waals surface area contributed by atoms with Crippen molar-refractivity contribution in [3.8, 4) is 16.3 Å². The summed E-state index contributed by atoms with van der Waals surface area (Å²) in [6, 6.07) is 17.4. The quantitative estimate of drug-likeness (QED) is 0.303. The van der Waals surface area contributed by atoms with Crippen LogP contribution >= 0.6 is 11.3 Å². The molecule has 1 saturated heterocycles. The van der Waals surface area contributed by atoms with Gasteiger partial charge in [-0.2, -0.15) is 0 Å². The van der Waals surface area contributed by atoms with Gasteiger partial charge in [0.2, 0.25) is 0 Å². The van der Waals surface area contributed by atoms with Gasteiger partial charge in [-0.25, -0.2) is 9.97 Å². The van der Waals surface area contributed by atoms with Crippen LogP contribution in [-0.4, -0.2) is 76.8 Å². The fourth-order valence-corrected chi connectivity index (χ4v) is 5.21. The maximum Gasteiger partial charge on any atom is 0.275 e. The smallest absolute Gasteiger partial charge is 0.275 e. The van der Waals surface area contributed by atoms with Crippen LogP contribution in [0, 0.1) is 0 Å². The van der Waals surface area contributed by atoms with Gasteiger partial charge in [-0.1, -0.05) is 18.2 Å². The fraction of sp³-hybridized carbons (Fsp3) is 0.258. The molecule has 5 rings (SSSR count). The van der Waals surface area contributed by atoms with Gasteiger partial charge in [0.15, 0.2) is 0 Å². The summed E-state index contributed by atoms with van der Waals surface area (Å²) in [5.74, 6) is 0.110. The van der Waals surface area contributed by atoms with Crippen LogP contribution in [0.3, 0.4) is 0 Å². The number of aromatic nitrogens is 2. The number of carbonyl (C=O) groups is 3. The van der Waals surface area contributed by atoms with Gasteiger partial charge >= 0.3 is 0 Å². The average molecular weight is 585 g/mol. The molecular formula is C31H32N6O4S. The molecule has 11 heteroatoms. The molecule has 0 unspecified atom stereocenters. The lowest BCUT2D eigenvalue weighted by molar-refractivity contribution is 0.0663. The summed E-state index contributed by atoms with van der Waals surface area (Å²) >= 11 is 1.30. The Morgan fingerprint density at radius 2 is 1.71 bits per heavy atom. The van der Waals surface area contributed by atoms with Gasteiger partial charge in [0, 0.05) is 54.4 Å². The SMILES string of the molecule is CC(C)Oc1cc(C(=O)N2CCN(C)CC2)ccc1NC(=O)c1csc(-c2cccc(C(=O)Nc3ccccn3)c2)n1. The lowest BCUT2D eigenvalue weighted by atomic mass is 10.1. The summed E-state index contributed by atoms with van der Waals surface area (Å²) in [4.78, 5) is 51.7. The summed E-state index contributed by atoms with van der Waals surface area (Å²) in [6.45, 7) is 6.76. The number of ether oxygens (including phenoxy) is 1. The summed E-state index contributed by atoms with van der Waals surface area (Å²) in [5.41, 5.74) is 2.35. The monoisotopic (exact) mass is 584 g/mol. The molecule has 1 aliphatic heterocycles. The average Bonchev–Trinajstić information content (AvgIpc) is 3.49. The molecule has 216 valence electrons. The van der Waals surface area contributed by atoms with E-state index < -0.39 is 5.91 Å². The molecule has 10 nitrogen and oxygen atoms in total. The fourth-order valence-electron chi connectivity index (χ4n) is 4.42. The first-order chi connectivity index (χ1) is 20.3. The third-order valence-corrected chi connectivity index (χ3v) is 7.54. The van der Waals surface area contributed by atoms with Gasteiger partial charge in [-0.05, 0) is 63.4 Å². The number of anilines is 2. The second kappa shape index (κ2) is 12.9. The molecule has 0 bridgehead atoms. The van der Waals surface area contributed by atoms with Gasteiger partial charge in [0.1, 0.15) is 22.3 Å². The number of hydrogen-bond acceptors (Lipinski definition) is 8. The molecule has 1 fully saturated rings. The third-order valence-electron chi connectivity index (χ3n) is 6.64. The van der Waals surface area contributed by atoms with E-state index in [0.717, 1.165) is 13.1 Å². The molecular weight excluding hydrogens is 552 g/mol. The number of rotatable bonds is 8. The molecule has 1 aliphatic rings. The number of nitrogens with zero attached hydrogens (tertiary/aromatic N) is 4. The maximum atomic E-state index is 13.2. The molecule has 2 N–H and O–H groups in total. The minimum absolute atomic E-state index is 0.0605. The first-order valence-electron chi connectivity index (χ1n) is 13.6. The molecule has 2 aromatic carbocycles. The highest BCUT2D eigenvalue weighted by Gasteiger charge is 2.23. The normalized spacial score (nSPS) is 13.6. The zero-order chi connectivity index (χ0) is 29.6. The molecule has 3 amide bonds. The van der Waals surface area contributed by atoms with Crippen LogP contribution in [-0.2, 0) is 0 Å². The van der Waals surface area contributed by atoms with Crippen LogP contribution in [0.15, 0.2) is 72.2 Å². The Bertz CT molecular complexity index is 1580. The van der Waals surface area contributed by atoms with E-state index in [1.165, 1.54) is 11.3 Å². The largest absolute Gasteiger partial charge is 0.489 e. The van der Waals surface area contributed by atoms with Gasteiger partial charge in [0.25, 0.3) is 17.7 Å². The van der Waals surface area contributed by atoms with Crippen molar-refractivity contribution in [3.63, 3.8) is 0 Å². The second-order valence-corrected chi connectivity index (χ2v) is 11.1. The van der Waals surface area contributed by atoms with E-state index in [2.05, 4.69) is 25.5 Å². The molecule has 2 aromatic heterocycles. The minimum Gasteiger partial charge on any atom is -0.489 e. The highest BCUT2D eigenvalue weighted by atomic mass is 32.1. The van der Waals surface area contributed by atoms with Crippen molar-refractivity contribution >= 4 is 40.6 Å². The van der Waals surface area contributed by atoms with E-state index in [-0.39, 0.29) is 23.6 Å². The van der Waals surface area contributed by atoms with Gasteiger partial charge in [-0.15, -0.1) is 11.3 Å². The summed E-state index contributed by atoms with van der Waals surface area (Å²) < 4.78 is 5.98. The Morgan fingerprint density at radius 1 is 0.905 bits per heavy atom. The van der Waals surface area contributed by atoms with Crippen molar-refractivity contribution in [1.29, 1.82) is 0 Å². The lowest BCUT2D eigenvalue weighted by Gasteiger charge is -2.32. The van der Waals surface area contributed by atoms with Gasteiger partial charge in [0.05, 0.1) is 11.8 Å². The molecule has 0 radical (unpaired) electrons. The van der Waals surface area contributed by atoms with Crippen molar-refractivity contribution in [2.75, 3.05) is 43.9 Å². The number of pyridine rings is 1. The first-order valence-corrected chi connectivity index (χ1v) is 14.5. The molecule has 0 atom stereocenters. The van der Waals surface area contributed by atoms with Crippen molar-refractivity contribution in [1.82, 2.24) is 19.8 Å². The Balaban J connectivity index is 1.30. The minimum atomic E-state index is -0.409. The van der Waals surface area contributed by atoms with E-state index in [9.17, 15) is 14.4 Å². The lowest BCUT2D eigenvalue weighted by Crippen LogP contribution is -2.47. The Hall–Kier alpha value is -4.61.